The number of rotatable bonds is 4. The third-order valence-corrected chi connectivity index (χ3v) is 2.94. The minimum Gasteiger partial charge on any atom is -0.478 e. The first-order valence-electron chi connectivity index (χ1n) is 5.88. The fourth-order valence-electron chi connectivity index (χ4n) is 1.86. The average Bonchev–Trinajstić information content (AvgIpc) is 2.47. The molecule has 0 aliphatic heterocycles. The molecule has 0 aliphatic carbocycles. The summed E-state index contributed by atoms with van der Waals surface area (Å²) < 4.78 is 28.8. The van der Waals surface area contributed by atoms with Crippen molar-refractivity contribution < 1.29 is 28.6 Å². The molecule has 0 aromatic heterocycles. The minimum atomic E-state index is -3.49. The average molecular weight is 292 g/mol. The van der Waals surface area contributed by atoms with Gasteiger partial charge in [-0.1, -0.05) is 24.3 Å². The normalized spacial score (nSPS) is 11.1. The molecule has 0 saturated heterocycles. The van der Waals surface area contributed by atoms with Crippen molar-refractivity contribution in [3.05, 3.63) is 70.8 Å². The number of carboxylic acids is 2. The van der Waals surface area contributed by atoms with Crippen LogP contribution in [0.2, 0.25) is 0 Å². The van der Waals surface area contributed by atoms with Crippen LogP contribution in [0.5, 0.6) is 0 Å². The van der Waals surface area contributed by atoms with Crippen molar-refractivity contribution in [2.75, 3.05) is 0 Å². The van der Waals surface area contributed by atoms with Crippen LogP contribution in [0.3, 0.4) is 0 Å². The molecule has 2 aromatic carbocycles. The number of hydrogen-bond acceptors (Lipinski definition) is 2. The quantitative estimate of drug-likeness (QED) is 0.907. The summed E-state index contributed by atoms with van der Waals surface area (Å²) in [7, 11) is 0. The largest absolute Gasteiger partial charge is 0.478 e. The Morgan fingerprint density at radius 1 is 0.810 bits per heavy atom. The highest BCUT2D eigenvalue weighted by Crippen LogP contribution is 2.36. The Morgan fingerprint density at radius 3 is 1.52 bits per heavy atom. The van der Waals surface area contributed by atoms with Gasteiger partial charge in [0.1, 0.15) is 0 Å². The van der Waals surface area contributed by atoms with Crippen LogP contribution in [-0.4, -0.2) is 22.2 Å². The highest BCUT2D eigenvalue weighted by atomic mass is 19.3. The molecule has 0 unspecified atom stereocenters. The van der Waals surface area contributed by atoms with Gasteiger partial charge in [0.2, 0.25) is 0 Å². The SMILES string of the molecule is O=C(O)c1cccc(C(F)(F)c2cccc(C(=O)O)c2)c1. The van der Waals surface area contributed by atoms with Crippen LogP contribution >= 0.6 is 0 Å². The Kier molecular flexibility index (Phi) is 3.71. The van der Waals surface area contributed by atoms with Gasteiger partial charge in [0, 0.05) is 11.1 Å². The minimum absolute atomic E-state index is 0.262. The van der Waals surface area contributed by atoms with E-state index in [-0.39, 0.29) is 11.1 Å². The summed E-state index contributed by atoms with van der Waals surface area (Å²) in [4.78, 5) is 21.7. The van der Waals surface area contributed by atoms with Crippen LogP contribution in [0, 0.1) is 0 Å². The van der Waals surface area contributed by atoms with Gasteiger partial charge in [-0.15, -0.1) is 0 Å². The van der Waals surface area contributed by atoms with Gasteiger partial charge in [0.05, 0.1) is 11.1 Å². The molecule has 108 valence electrons. The van der Waals surface area contributed by atoms with Crippen molar-refractivity contribution in [2.45, 2.75) is 5.92 Å². The van der Waals surface area contributed by atoms with Crippen molar-refractivity contribution in [1.29, 1.82) is 0 Å². The van der Waals surface area contributed by atoms with Gasteiger partial charge in [0.25, 0.3) is 5.92 Å². The molecule has 0 aliphatic rings. The third kappa shape index (κ3) is 2.89. The van der Waals surface area contributed by atoms with E-state index < -0.39 is 29.0 Å². The van der Waals surface area contributed by atoms with Crippen LogP contribution in [-0.2, 0) is 5.92 Å². The summed E-state index contributed by atoms with van der Waals surface area (Å²) in [5, 5.41) is 17.7. The molecule has 0 bridgehead atoms. The van der Waals surface area contributed by atoms with E-state index in [4.69, 9.17) is 10.2 Å². The lowest BCUT2D eigenvalue weighted by Crippen LogP contribution is -2.16. The van der Waals surface area contributed by atoms with Crippen LogP contribution in [0.25, 0.3) is 0 Å². The maximum atomic E-state index is 14.4. The smallest absolute Gasteiger partial charge is 0.335 e. The first-order chi connectivity index (χ1) is 9.82. The molecule has 0 fully saturated rings. The Labute approximate surface area is 118 Å². The first-order valence-corrected chi connectivity index (χ1v) is 5.88. The molecule has 0 heterocycles. The van der Waals surface area contributed by atoms with E-state index in [2.05, 4.69) is 0 Å². The van der Waals surface area contributed by atoms with Gasteiger partial charge in [-0.3, -0.25) is 0 Å². The number of alkyl halides is 2. The molecule has 0 radical (unpaired) electrons. The Morgan fingerprint density at radius 2 is 1.19 bits per heavy atom. The Balaban J connectivity index is 2.50. The lowest BCUT2D eigenvalue weighted by atomic mass is 9.97. The van der Waals surface area contributed by atoms with Gasteiger partial charge >= 0.3 is 11.9 Å². The van der Waals surface area contributed by atoms with Gasteiger partial charge in [0.15, 0.2) is 0 Å². The number of aromatic carboxylic acids is 2. The van der Waals surface area contributed by atoms with Crippen LogP contribution in [0.4, 0.5) is 8.78 Å². The van der Waals surface area contributed by atoms with Crippen molar-refractivity contribution in [2.24, 2.45) is 0 Å². The maximum absolute atomic E-state index is 14.4. The molecule has 2 aromatic rings. The third-order valence-electron chi connectivity index (χ3n) is 2.94. The Hall–Kier alpha value is -2.76. The molecule has 2 rings (SSSR count). The lowest BCUT2D eigenvalue weighted by Gasteiger charge is -2.18. The van der Waals surface area contributed by atoms with E-state index in [0.29, 0.717) is 0 Å². The number of benzene rings is 2. The summed E-state index contributed by atoms with van der Waals surface area (Å²) in [6.07, 6.45) is 0. The topological polar surface area (TPSA) is 74.6 Å². The zero-order chi connectivity index (χ0) is 15.6. The molecule has 6 heteroatoms. The van der Waals surface area contributed by atoms with Crippen LogP contribution in [0.1, 0.15) is 31.8 Å². The summed E-state index contributed by atoms with van der Waals surface area (Å²) in [5.74, 6) is -6.12. The van der Waals surface area contributed by atoms with Crippen molar-refractivity contribution >= 4 is 11.9 Å². The monoisotopic (exact) mass is 292 g/mol. The Bertz CT molecular complexity index is 651. The zero-order valence-corrected chi connectivity index (χ0v) is 10.6. The van der Waals surface area contributed by atoms with E-state index >= 15 is 0 Å². The van der Waals surface area contributed by atoms with E-state index in [1.54, 1.807) is 0 Å². The predicted octanol–water partition coefficient (Wildman–Crippen LogP) is 3.22. The second-order valence-corrected chi connectivity index (χ2v) is 4.35. The van der Waals surface area contributed by atoms with Crippen molar-refractivity contribution in [3.63, 3.8) is 0 Å². The van der Waals surface area contributed by atoms with Gasteiger partial charge in [-0.2, -0.15) is 8.78 Å². The summed E-state index contributed by atoms with van der Waals surface area (Å²) in [5.41, 5.74) is -1.54. The fourth-order valence-corrected chi connectivity index (χ4v) is 1.86. The van der Waals surface area contributed by atoms with E-state index in [0.717, 1.165) is 24.3 Å². The van der Waals surface area contributed by atoms with E-state index in [9.17, 15) is 18.4 Å². The second kappa shape index (κ2) is 5.32. The molecule has 21 heavy (non-hydrogen) atoms. The summed E-state index contributed by atoms with van der Waals surface area (Å²) >= 11 is 0. The van der Waals surface area contributed by atoms with Gasteiger partial charge in [-0.05, 0) is 24.3 Å². The maximum Gasteiger partial charge on any atom is 0.335 e. The highest BCUT2D eigenvalue weighted by molar-refractivity contribution is 5.88. The summed E-state index contributed by atoms with van der Waals surface area (Å²) in [6, 6.07) is 8.78. The molecule has 2 N–H and O–H groups in total. The van der Waals surface area contributed by atoms with Crippen molar-refractivity contribution in [1.82, 2.24) is 0 Å². The highest BCUT2D eigenvalue weighted by Gasteiger charge is 2.34. The van der Waals surface area contributed by atoms with Crippen LogP contribution < -0.4 is 0 Å². The standard InChI is InChI=1S/C15H10F2O4/c16-15(17,11-5-1-3-9(7-11)13(18)19)12-6-2-4-10(8-12)14(20)21/h1-8H,(H,18,19)(H,20,21). The van der Waals surface area contributed by atoms with Crippen LogP contribution in [0.15, 0.2) is 48.5 Å². The zero-order valence-electron chi connectivity index (χ0n) is 10.6. The molecular weight excluding hydrogens is 282 g/mol. The van der Waals surface area contributed by atoms with Gasteiger partial charge < -0.3 is 10.2 Å². The fraction of sp³-hybridized carbons (Fsp3) is 0.0667. The molecular formula is C15H10F2O4. The predicted molar refractivity (Wildman–Crippen MR) is 69.8 cm³/mol. The number of hydrogen-bond donors (Lipinski definition) is 2. The number of carbonyl (C=O) groups is 2. The number of carboxylic acid groups (broad SMARTS) is 2. The molecule has 0 atom stereocenters. The van der Waals surface area contributed by atoms with E-state index in [1.165, 1.54) is 24.3 Å². The first kappa shape index (κ1) is 14.6. The second-order valence-electron chi connectivity index (χ2n) is 4.35. The summed E-state index contributed by atoms with van der Waals surface area (Å²) in [6.45, 7) is 0. The van der Waals surface area contributed by atoms with Gasteiger partial charge in [-0.25, -0.2) is 9.59 Å². The molecule has 0 spiro atoms. The lowest BCUT2D eigenvalue weighted by molar-refractivity contribution is 0.0425. The molecule has 0 saturated carbocycles. The molecule has 4 nitrogen and oxygen atoms in total. The van der Waals surface area contributed by atoms with E-state index in [1.807, 2.05) is 0 Å². The van der Waals surface area contributed by atoms with Crippen molar-refractivity contribution in [3.8, 4) is 0 Å². The molecule has 0 amide bonds. The number of halogens is 2.